The molecule has 0 unspecified atom stereocenters. The molecule has 2 aromatic rings. The van der Waals surface area contributed by atoms with Crippen molar-refractivity contribution in [3.8, 4) is 11.5 Å². The first-order valence-electron chi connectivity index (χ1n) is 6.82. The van der Waals surface area contributed by atoms with E-state index in [2.05, 4.69) is 31.2 Å². The lowest BCUT2D eigenvalue weighted by atomic mass is 9.99. The van der Waals surface area contributed by atoms with E-state index in [0.29, 0.717) is 0 Å². The Kier molecular flexibility index (Phi) is 4.19. The maximum Gasteiger partial charge on any atom is 0.210 e. The second kappa shape index (κ2) is 6.10. The number of aryl methyl sites for hydroxylation is 1. The number of fused-ring (bicyclic) bond motifs is 2. The lowest BCUT2D eigenvalue weighted by molar-refractivity contribution is -0.0343. The van der Waals surface area contributed by atoms with Crippen molar-refractivity contribution in [1.29, 1.82) is 0 Å². The zero-order chi connectivity index (χ0) is 14.8. The Morgan fingerprint density at radius 3 is 2.57 bits per heavy atom. The second-order valence-corrected chi connectivity index (χ2v) is 6.13. The van der Waals surface area contributed by atoms with Crippen LogP contribution in [0.15, 0.2) is 41.3 Å². The maximum atomic E-state index is 6.03. The Bertz CT molecular complexity index is 650. The molecule has 110 valence electrons. The van der Waals surface area contributed by atoms with Crippen molar-refractivity contribution in [2.45, 2.75) is 23.9 Å². The number of hydrogen-bond donors (Lipinski definition) is 0. The first-order valence-corrected chi connectivity index (χ1v) is 7.70. The maximum absolute atomic E-state index is 6.03. The minimum atomic E-state index is -0.304. The minimum absolute atomic E-state index is 0.304. The Morgan fingerprint density at radius 1 is 1.00 bits per heavy atom. The largest absolute Gasteiger partial charge is 0.457 e. The predicted molar refractivity (Wildman–Crippen MR) is 84.2 cm³/mol. The molecule has 21 heavy (non-hydrogen) atoms. The van der Waals surface area contributed by atoms with Crippen molar-refractivity contribution < 1.29 is 14.2 Å². The summed E-state index contributed by atoms with van der Waals surface area (Å²) in [6.07, 6.45) is 0.912. The van der Waals surface area contributed by atoms with E-state index in [1.165, 1.54) is 28.5 Å². The van der Waals surface area contributed by atoms with Crippen molar-refractivity contribution in [2.75, 3.05) is 14.2 Å². The lowest BCUT2D eigenvalue weighted by Crippen LogP contribution is -2.08. The first kappa shape index (κ1) is 14.4. The van der Waals surface area contributed by atoms with Gasteiger partial charge in [0.1, 0.15) is 11.5 Å². The van der Waals surface area contributed by atoms with Gasteiger partial charge in [-0.2, -0.15) is 0 Å². The third-order valence-electron chi connectivity index (χ3n) is 3.47. The molecule has 0 radical (unpaired) electrons. The summed E-state index contributed by atoms with van der Waals surface area (Å²) in [6.45, 7) is 2.10. The van der Waals surface area contributed by atoms with Crippen LogP contribution in [0.3, 0.4) is 0 Å². The van der Waals surface area contributed by atoms with E-state index in [-0.39, 0.29) is 5.62 Å². The van der Waals surface area contributed by atoms with Crippen LogP contribution in [-0.2, 0) is 15.9 Å². The van der Waals surface area contributed by atoms with E-state index < -0.39 is 0 Å². The van der Waals surface area contributed by atoms with Gasteiger partial charge in [0.25, 0.3) is 0 Å². The highest BCUT2D eigenvalue weighted by Crippen LogP contribution is 2.39. The van der Waals surface area contributed by atoms with Crippen LogP contribution >= 0.6 is 11.8 Å². The molecule has 0 atom stereocenters. The number of methoxy groups -OCH3 is 2. The third kappa shape index (κ3) is 3.07. The summed E-state index contributed by atoms with van der Waals surface area (Å²) in [5.74, 6) is 1.87. The molecule has 0 aliphatic carbocycles. The highest BCUT2D eigenvalue weighted by Gasteiger charge is 2.18. The molecule has 4 heteroatoms. The Morgan fingerprint density at radius 2 is 1.81 bits per heavy atom. The van der Waals surface area contributed by atoms with Crippen molar-refractivity contribution in [3.63, 3.8) is 0 Å². The summed E-state index contributed by atoms with van der Waals surface area (Å²) in [4.78, 5) is 1.07. The fraction of sp³-hybridized carbons (Fsp3) is 0.294. The highest BCUT2D eigenvalue weighted by molar-refractivity contribution is 7.99. The molecule has 0 amide bonds. The van der Waals surface area contributed by atoms with Gasteiger partial charge < -0.3 is 14.2 Å². The van der Waals surface area contributed by atoms with Gasteiger partial charge >= 0.3 is 0 Å². The van der Waals surface area contributed by atoms with Crippen molar-refractivity contribution in [3.05, 3.63) is 53.1 Å². The molecule has 2 aromatic carbocycles. The topological polar surface area (TPSA) is 27.7 Å². The number of benzene rings is 2. The van der Waals surface area contributed by atoms with E-state index in [0.717, 1.165) is 22.8 Å². The highest BCUT2D eigenvalue weighted by atomic mass is 32.2. The first-order chi connectivity index (χ1) is 10.2. The summed E-state index contributed by atoms with van der Waals surface area (Å²) < 4.78 is 16.5. The van der Waals surface area contributed by atoms with Crippen molar-refractivity contribution in [2.24, 2.45) is 0 Å². The Balaban J connectivity index is 1.85. The quantitative estimate of drug-likeness (QED) is 0.528. The molecule has 0 aromatic heterocycles. The Labute approximate surface area is 129 Å². The molecule has 0 fully saturated rings. The fourth-order valence-corrected chi connectivity index (χ4v) is 3.16. The van der Waals surface area contributed by atoms with E-state index >= 15 is 0 Å². The van der Waals surface area contributed by atoms with Gasteiger partial charge in [-0.15, -0.1) is 0 Å². The summed E-state index contributed by atoms with van der Waals surface area (Å²) >= 11 is 1.52. The fourth-order valence-electron chi connectivity index (χ4n) is 2.42. The summed E-state index contributed by atoms with van der Waals surface area (Å²) in [7, 11) is 3.27. The summed E-state index contributed by atoms with van der Waals surface area (Å²) in [5, 5.41) is 0. The van der Waals surface area contributed by atoms with E-state index in [1.807, 2.05) is 12.1 Å². The zero-order valence-electron chi connectivity index (χ0n) is 12.4. The van der Waals surface area contributed by atoms with Crippen LogP contribution < -0.4 is 4.74 Å². The minimum Gasteiger partial charge on any atom is -0.457 e. The van der Waals surface area contributed by atoms with E-state index in [1.54, 1.807) is 14.2 Å². The van der Waals surface area contributed by atoms with Crippen LogP contribution in [0.25, 0.3) is 0 Å². The van der Waals surface area contributed by atoms with Crippen molar-refractivity contribution in [1.82, 2.24) is 0 Å². The van der Waals surface area contributed by atoms with Gasteiger partial charge in [-0.25, -0.2) is 0 Å². The van der Waals surface area contributed by atoms with Gasteiger partial charge in [0.15, 0.2) is 0 Å². The van der Waals surface area contributed by atoms with Crippen molar-refractivity contribution >= 4 is 11.8 Å². The molecule has 0 bridgehead atoms. The number of rotatable bonds is 4. The molecule has 3 rings (SSSR count). The molecule has 0 saturated carbocycles. The van der Waals surface area contributed by atoms with Gasteiger partial charge in [-0.05, 0) is 36.2 Å². The number of thioether (sulfide) groups is 1. The van der Waals surface area contributed by atoms with Gasteiger partial charge in [0.05, 0.1) is 0 Å². The second-order valence-electron chi connectivity index (χ2n) is 5.04. The predicted octanol–water partition coefficient (Wildman–Crippen LogP) is 4.36. The average Bonchev–Trinajstić information content (AvgIpc) is 2.50. The molecule has 3 nitrogen and oxygen atoms in total. The third-order valence-corrected chi connectivity index (χ3v) is 4.58. The number of ether oxygens (including phenoxy) is 3. The monoisotopic (exact) mass is 302 g/mol. The molecule has 0 N–H and O–H groups in total. The summed E-state index contributed by atoms with van der Waals surface area (Å²) in [5.41, 5.74) is 3.41. The van der Waals surface area contributed by atoms with E-state index in [9.17, 15) is 0 Å². The molecule has 1 aliphatic heterocycles. The number of hydrogen-bond acceptors (Lipinski definition) is 4. The average molecular weight is 302 g/mol. The molecule has 1 heterocycles. The molecule has 1 aliphatic rings. The SMILES string of the molecule is COC(OC)Sc1ccc2c(c1)Oc1ccc(C)cc1C2. The van der Waals surface area contributed by atoms with Gasteiger partial charge in [-0.1, -0.05) is 35.5 Å². The van der Waals surface area contributed by atoms with Crippen LogP contribution in [0.1, 0.15) is 16.7 Å². The van der Waals surface area contributed by atoms with Gasteiger partial charge in [-0.3, -0.25) is 0 Å². The smallest absolute Gasteiger partial charge is 0.210 e. The molecular formula is C17H18O3S. The molecule has 0 saturated heterocycles. The van der Waals surface area contributed by atoms with Crippen LogP contribution in [0, 0.1) is 6.92 Å². The molecular weight excluding hydrogens is 284 g/mol. The van der Waals surface area contributed by atoms with E-state index in [4.69, 9.17) is 14.2 Å². The van der Waals surface area contributed by atoms with Gasteiger partial charge in [0, 0.05) is 25.5 Å². The van der Waals surface area contributed by atoms with Crippen LogP contribution in [0.5, 0.6) is 11.5 Å². The standard InChI is InChI=1S/C17H18O3S/c1-11-4-7-15-13(8-11)9-12-5-6-14(10-16(12)20-15)21-17(18-2)19-3/h4-8,10,17H,9H2,1-3H3. The lowest BCUT2D eigenvalue weighted by Gasteiger charge is -2.21. The normalized spacial score (nSPS) is 12.8. The van der Waals surface area contributed by atoms with Crippen LogP contribution in [0.4, 0.5) is 0 Å². The zero-order valence-corrected chi connectivity index (χ0v) is 13.2. The van der Waals surface area contributed by atoms with Gasteiger partial charge in [0.2, 0.25) is 5.62 Å². The Hall–Kier alpha value is -1.49. The summed E-state index contributed by atoms with van der Waals surface area (Å²) in [6, 6.07) is 12.6. The molecule has 0 spiro atoms. The van der Waals surface area contributed by atoms with Crippen LogP contribution in [0.2, 0.25) is 0 Å². The van der Waals surface area contributed by atoms with Crippen LogP contribution in [-0.4, -0.2) is 19.8 Å².